The molecule has 4 aromatic rings. The van der Waals surface area contributed by atoms with Gasteiger partial charge in [0.25, 0.3) is 0 Å². The molecule has 2 aromatic carbocycles. The van der Waals surface area contributed by atoms with Gasteiger partial charge >= 0.3 is 0 Å². The number of guanidine groups is 1. The van der Waals surface area contributed by atoms with Crippen LogP contribution < -0.4 is 10.6 Å². The number of halogens is 1. The number of aryl methyl sites for hydroxylation is 1. The maximum Gasteiger partial charge on any atom is 0.191 e. The number of aromatic amines is 1. The van der Waals surface area contributed by atoms with E-state index in [0.717, 1.165) is 64.6 Å². The topological polar surface area (TPSA) is 78.2 Å². The molecule has 29 heavy (non-hydrogen) atoms. The van der Waals surface area contributed by atoms with Crippen LogP contribution >= 0.6 is 24.0 Å². The van der Waals surface area contributed by atoms with E-state index in [0.29, 0.717) is 6.54 Å². The molecule has 0 aliphatic rings. The summed E-state index contributed by atoms with van der Waals surface area (Å²) >= 11 is 0. The number of imidazole rings is 1. The van der Waals surface area contributed by atoms with Crippen LogP contribution in [0.2, 0.25) is 0 Å². The predicted molar refractivity (Wildman–Crippen MR) is 129 cm³/mol. The lowest BCUT2D eigenvalue weighted by Gasteiger charge is -2.10. The number of nitrogens with one attached hydrogen (secondary N) is 3. The van der Waals surface area contributed by atoms with E-state index < -0.39 is 0 Å². The second kappa shape index (κ2) is 9.78. The van der Waals surface area contributed by atoms with Crippen molar-refractivity contribution in [3.63, 3.8) is 0 Å². The van der Waals surface area contributed by atoms with Crippen molar-refractivity contribution in [3.05, 3.63) is 65.7 Å². The molecule has 2 aromatic heterocycles. The molecule has 0 unspecified atom stereocenters. The van der Waals surface area contributed by atoms with Gasteiger partial charge in [0.05, 0.1) is 11.0 Å². The number of fused-ring (bicyclic) bond motifs is 2. The first-order valence-corrected chi connectivity index (χ1v) is 9.67. The Labute approximate surface area is 187 Å². The van der Waals surface area contributed by atoms with Crippen LogP contribution in [0.5, 0.6) is 0 Å². The number of aliphatic imine (C=N–C) groups is 1. The summed E-state index contributed by atoms with van der Waals surface area (Å²) in [5, 5.41) is 7.81. The number of furan rings is 1. The Bertz CT molecular complexity index is 1080. The van der Waals surface area contributed by atoms with Gasteiger partial charge in [0.2, 0.25) is 0 Å². The molecule has 2 heterocycles. The van der Waals surface area contributed by atoms with Crippen molar-refractivity contribution in [2.45, 2.75) is 26.8 Å². The SMILES string of the molecule is CCNC(=NCc1oc2ccccc2c1C)NCCc1nc2ccccc2[nH]1.I. The fourth-order valence-electron chi connectivity index (χ4n) is 3.29. The normalized spacial score (nSPS) is 11.6. The van der Waals surface area contributed by atoms with Crippen molar-refractivity contribution < 1.29 is 4.42 Å². The maximum atomic E-state index is 5.96. The molecule has 7 heteroatoms. The van der Waals surface area contributed by atoms with E-state index in [2.05, 4.69) is 45.5 Å². The quantitative estimate of drug-likeness (QED) is 0.205. The zero-order chi connectivity index (χ0) is 19.3. The van der Waals surface area contributed by atoms with Crippen LogP contribution in [0, 0.1) is 6.92 Å². The zero-order valence-electron chi connectivity index (χ0n) is 16.7. The molecule has 152 valence electrons. The van der Waals surface area contributed by atoms with Crippen molar-refractivity contribution in [3.8, 4) is 0 Å². The summed E-state index contributed by atoms with van der Waals surface area (Å²) in [7, 11) is 0. The average molecular weight is 503 g/mol. The molecule has 0 saturated heterocycles. The fraction of sp³-hybridized carbons (Fsp3) is 0.273. The van der Waals surface area contributed by atoms with Crippen molar-refractivity contribution in [1.29, 1.82) is 0 Å². The summed E-state index contributed by atoms with van der Waals surface area (Å²) in [4.78, 5) is 12.7. The second-order valence-electron chi connectivity index (χ2n) is 6.72. The highest BCUT2D eigenvalue weighted by Gasteiger charge is 2.09. The monoisotopic (exact) mass is 503 g/mol. The van der Waals surface area contributed by atoms with Crippen LogP contribution in [0.1, 0.15) is 24.1 Å². The number of para-hydroxylation sites is 3. The van der Waals surface area contributed by atoms with Gasteiger partial charge in [-0.05, 0) is 32.0 Å². The second-order valence-corrected chi connectivity index (χ2v) is 6.72. The van der Waals surface area contributed by atoms with E-state index in [1.165, 1.54) is 0 Å². The molecule has 6 nitrogen and oxygen atoms in total. The third kappa shape index (κ3) is 4.90. The number of hydrogen-bond donors (Lipinski definition) is 3. The van der Waals surface area contributed by atoms with E-state index in [1.54, 1.807) is 0 Å². The molecular weight excluding hydrogens is 477 g/mol. The van der Waals surface area contributed by atoms with E-state index in [4.69, 9.17) is 4.42 Å². The largest absolute Gasteiger partial charge is 0.459 e. The molecule has 0 spiro atoms. The molecule has 0 bridgehead atoms. The minimum atomic E-state index is 0. The van der Waals surface area contributed by atoms with Crippen LogP contribution in [-0.4, -0.2) is 29.0 Å². The van der Waals surface area contributed by atoms with E-state index in [9.17, 15) is 0 Å². The average Bonchev–Trinajstić information content (AvgIpc) is 3.27. The molecular formula is C22H26IN5O. The first kappa shape index (κ1) is 21.2. The molecule has 3 N–H and O–H groups in total. The van der Waals surface area contributed by atoms with Gasteiger partial charge in [0, 0.05) is 30.5 Å². The van der Waals surface area contributed by atoms with E-state index >= 15 is 0 Å². The van der Waals surface area contributed by atoms with Gasteiger partial charge in [-0.15, -0.1) is 24.0 Å². The summed E-state index contributed by atoms with van der Waals surface area (Å²) in [5.74, 6) is 2.65. The highest BCUT2D eigenvalue weighted by atomic mass is 127. The summed E-state index contributed by atoms with van der Waals surface area (Å²) in [6.45, 7) is 6.18. The minimum absolute atomic E-state index is 0. The number of benzene rings is 2. The van der Waals surface area contributed by atoms with E-state index in [-0.39, 0.29) is 24.0 Å². The Kier molecular flexibility index (Phi) is 7.13. The molecule has 0 radical (unpaired) electrons. The number of rotatable bonds is 6. The standard InChI is InChI=1S/C22H25N5O.HI/c1-3-23-22(24-13-12-21-26-17-9-5-6-10-18(17)27-21)25-14-20-15(2)16-8-4-7-11-19(16)28-20;/h4-11H,3,12-14H2,1-2H3,(H,26,27)(H2,23,24,25);1H. The lowest BCUT2D eigenvalue weighted by Crippen LogP contribution is -2.38. The van der Waals surface area contributed by atoms with Crippen LogP contribution in [-0.2, 0) is 13.0 Å². The van der Waals surface area contributed by atoms with Crippen molar-refractivity contribution in [2.24, 2.45) is 4.99 Å². The van der Waals surface area contributed by atoms with Crippen LogP contribution in [0.25, 0.3) is 22.0 Å². The lowest BCUT2D eigenvalue weighted by molar-refractivity contribution is 0.548. The Hall–Kier alpha value is -2.55. The van der Waals surface area contributed by atoms with E-state index in [1.807, 2.05) is 42.5 Å². The third-order valence-electron chi connectivity index (χ3n) is 4.76. The number of nitrogens with zero attached hydrogens (tertiary/aromatic N) is 2. The first-order chi connectivity index (χ1) is 13.7. The molecule has 0 fully saturated rings. The maximum absolute atomic E-state index is 5.96. The summed E-state index contributed by atoms with van der Waals surface area (Å²) in [6.07, 6.45) is 0.794. The molecule has 0 amide bonds. The van der Waals surface area contributed by atoms with Crippen molar-refractivity contribution in [2.75, 3.05) is 13.1 Å². The summed E-state index contributed by atoms with van der Waals surface area (Å²) < 4.78 is 5.96. The zero-order valence-corrected chi connectivity index (χ0v) is 19.0. The molecule has 4 rings (SSSR count). The molecule has 0 atom stereocenters. The Balaban J connectivity index is 0.00000240. The van der Waals surface area contributed by atoms with Crippen LogP contribution in [0.4, 0.5) is 0 Å². The fourth-order valence-corrected chi connectivity index (χ4v) is 3.29. The number of H-pyrrole nitrogens is 1. The minimum Gasteiger partial charge on any atom is -0.459 e. The van der Waals surface area contributed by atoms with Gasteiger partial charge in [-0.1, -0.05) is 30.3 Å². The number of hydrogen-bond acceptors (Lipinski definition) is 3. The molecule has 0 aliphatic carbocycles. The predicted octanol–water partition coefficient (Wildman–Crippen LogP) is 4.53. The smallest absolute Gasteiger partial charge is 0.191 e. The third-order valence-corrected chi connectivity index (χ3v) is 4.76. The Morgan fingerprint density at radius 1 is 1.10 bits per heavy atom. The van der Waals surface area contributed by atoms with Crippen LogP contribution in [0.15, 0.2) is 57.9 Å². The van der Waals surface area contributed by atoms with Gasteiger partial charge in [0.15, 0.2) is 5.96 Å². The van der Waals surface area contributed by atoms with Gasteiger partial charge < -0.3 is 20.0 Å². The van der Waals surface area contributed by atoms with Gasteiger partial charge in [-0.3, -0.25) is 0 Å². The summed E-state index contributed by atoms with van der Waals surface area (Å²) in [6, 6.07) is 16.2. The first-order valence-electron chi connectivity index (χ1n) is 9.67. The summed E-state index contributed by atoms with van der Waals surface area (Å²) in [5.41, 5.74) is 4.13. The van der Waals surface area contributed by atoms with Crippen molar-refractivity contribution in [1.82, 2.24) is 20.6 Å². The molecule has 0 aliphatic heterocycles. The van der Waals surface area contributed by atoms with Crippen LogP contribution in [0.3, 0.4) is 0 Å². The van der Waals surface area contributed by atoms with Crippen molar-refractivity contribution >= 4 is 51.9 Å². The Morgan fingerprint density at radius 3 is 2.69 bits per heavy atom. The number of aromatic nitrogens is 2. The van der Waals surface area contributed by atoms with Gasteiger partial charge in [0.1, 0.15) is 23.7 Å². The van der Waals surface area contributed by atoms with Gasteiger partial charge in [-0.2, -0.15) is 0 Å². The lowest BCUT2D eigenvalue weighted by atomic mass is 10.1. The Morgan fingerprint density at radius 2 is 1.90 bits per heavy atom. The highest BCUT2D eigenvalue weighted by Crippen LogP contribution is 2.25. The van der Waals surface area contributed by atoms with Gasteiger partial charge in [-0.25, -0.2) is 9.98 Å². The highest BCUT2D eigenvalue weighted by molar-refractivity contribution is 14.0. The molecule has 0 saturated carbocycles.